The number of hydrogen-bond acceptors (Lipinski definition) is 6. The molecule has 0 spiro atoms. The van der Waals surface area contributed by atoms with E-state index in [4.69, 9.17) is 9.15 Å². The average Bonchev–Trinajstić information content (AvgIpc) is 3.42. The molecule has 124 valence electrons. The zero-order valence-corrected chi connectivity index (χ0v) is 13.8. The third-order valence-corrected chi connectivity index (χ3v) is 4.38. The van der Waals surface area contributed by atoms with Crippen LogP contribution in [-0.2, 0) is 11.3 Å². The van der Waals surface area contributed by atoms with Gasteiger partial charge in [-0.05, 0) is 35.9 Å². The predicted octanol–water partition coefficient (Wildman–Crippen LogP) is 3.95. The Morgan fingerprint density at radius 2 is 2.08 bits per heavy atom. The molecule has 0 aliphatic rings. The first-order valence-electron chi connectivity index (χ1n) is 7.55. The second kappa shape index (κ2) is 6.74. The minimum absolute atomic E-state index is 0.186. The molecule has 0 unspecified atom stereocenters. The molecule has 6 nitrogen and oxygen atoms in total. The van der Waals surface area contributed by atoms with Crippen LogP contribution in [-0.4, -0.2) is 20.7 Å². The van der Waals surface area contributed by atoms with Crippen LogP contribution < -0.4 is 0 Å². The molecule has 4 rings (SSSR count). The van der Waals surface area contributed by atoms with Crippen LogP contribution in [0.25, 0.3) is 16.5 Å². The Hall–Kier alpha value is -3.19. The summed E-state index contributed by atoms with van der Waals surface area (Å²) in [5, 5.41) is 6.49. The number of aromatic nitrogens is 3. The van der Waals surface area contributed by atoms with Crippen molar-refractivity contribution in [2.45, 2.75) is 6.61 Å². The summed E-state index contributed by atoms with van der Waals surface area (Å²) in [5.74, 6) is 0.184. The molecule has 0 fully saturated rings. The van der Waals surface area contributed by atoms with Crippen molar-refractivity contribution in [3.8, 4) is 16.5 Å². The highest BCUT2D eigenvalue weighted by atomic mass is 32.1. The third-order valence-electron chi connectivity index (χ3n) is 3.52. The van der Waals surface area contributed by atoms with Crippen molar-refractivity contribution in [2.75, 3.05) is 0 Å². The first-order valence-corrected chi connectivity index (χ1v) is 8.43. The molecule has 1 aromatic carbocycles. The van der Waals surface area contributed by atoms with E-state index in [0.717, 1.165) is 11.3 Å². The molecular formula is C18H13N3O3S. The number of carbonyl (C=O) groups is 1. The molecule has 4 aromatic rings. The molecule has 0 bridgehead atoms. The number of furan rings is 1. The van der Waals surface area contributed by atoms with Gasteiger partial charge in [-0.3, -0.25) is 0 Å². The van der Waals surface area contributed by atoms with Gasteiger partial charge in [0.1, 0.15) is 6.61 Å². The molecular weight excluding hydrogens is 338 g/mol. The Balaban J connectivity index is 1.39. The highest BCUT2D eigenvalue weighted by Crippen LogP contribution is 2.24. The average molecular weight is 351 g/mol. The van der Waals surface area contributed by atoms with Crippen LogP contribution in [0.1, 0.15) is 16.1 Å². The zero-order chi connectivity index (χ0) is 17.1. The summed E-state index contributed by atoms with van der Waals surface area (Å²) < 4.78 is 12.4. The number of thiazole rings is 1. The molecule has 0 N–H and O–H groups in total. The van der Waals surface area contributed by atoms with Gasteiger partial charge in [-0.2, -0.15) is 5.10 Å². The molecule has 0 radical (unpaired) electrons. The van der Waals surface area contributed by atoms with Crippen LogP contribution in [0.5, 0.6) is 0 Å². The maximum atomic E-state index is 12.1. The molecule has 0 saturated carbocycles. The number of carbonyl (C=O) groups excluding carboxylic acids is 1. The van der Waals surface area contributed by atoms with Crippen molar-refractivity contribution >= 4 is 17.3 Å². The topological polar surface area (TPSA) is 70.2 Å². The van der Waals surface area contributed by atoms with E-state index in [0.29, 0.717) is 10.8 Å². The fourth-order valence-electron chi connectivity index (χ4n) is 2.27. The maximum Gasteiger partial charge on any atom is 0.358 e. The summed E-state index contributed by atoms with van der Waals surface area (Å²) >= 11 is 1.34. The van der Waals surface area contributed by atoms with Crippen molar-refractivity contribution in [3.63, 3.8) is 0 Å². The summed E-state index contributed by atoms with van der Waals surface area (Å²) in [6, 6.07) is 13.1. The summed E-state index contributed by atoms with van der Waals surface area (Å²) in [5.41, 5.74) is 2.12. The van der Waals surface area contributed by atoms with E-state index in [1.807, 2.05) is 36.5 Å². The van der Waals surface area contributed by atoms with Gasteiger partial charge in [0.05, 0.1) is 12.0 Å². The second-order valence-corrected chi connectivity index (χ2v) is 6.07. The van der Waals surface area contributed by atoms with Gasteiger partial charge < -0.3 is 9.15 Å². The smallest absolute Gasteiger partial charge is 0.358 e. The number of hydrogen-bond donors (Lipinski definition) is 0. The Labute approximate surface area is 147 Å². The quantitative estimate of drug-likeness (QED) is 0.509. The lowest BCUT2D eigenvalue weighted by Crippen LogP contribution is -2.05. The predicted molar refractivity (Wildman–Crippen MR) is 92.5 cm³/mol. The third kappa shape index (κ3) is 3.36. The largest absolute Gasteiger partial charge is 0.462 e. The van der Waals surface area contributed by atoms with Gasteiger partial charge in [0, 0.05) is 17.8 Å². The van der Waals surface area contributed by atoms with Gasteiger partial charge in [0.25, 0.3) is 0 Å². The van der Waals surface area contributed by atoms with E-state index in [-0.39, 0.29) is 12.3 Å². The van der Waals surface area contributed by atoms with Crippen LogP contribution in [0.4, 0.5) is 0 Å². The SMILES string of the molecule is O=C(OCc1ccc(-n2cccn2)cc1)c1csc(-c2ccco2)n1. The Bertz CT molecular complexity index is 958. The molecule has 0 amide bonds. The number of nitrogens with zero attached hydrogens (tertiary/aromatic N) is 3. The van der Waals surface area contributed by atoms with E-state index < -0.39 is 5.97 Å². The van der Waals surface area contributed by atoms with E-state index >= 15 is 0 Å². The highest BCUT2D eigenvalue weighted by Gasteiger charge is 2.14. The van der Waals surface area contributed by atoms with Crippen LogP contribution >= 0.6 is 11.3 Å². The lowest BCUT2D eigenvalue weighted by Gasteiger charge is -2.05. The van der Waals surface area contributed by atoms with Crippen molar-refractivity contribution in [2.24, 2.45) is 0 Å². The van der Waals surface area contributed by atoms with Crippen molar-refractivity contribution in [3.05, 3.63) is 77.8 Å². The van der Waals surface area contributed by atoms with Crippen molar-refractivity contribution < 1.29 is 13.9 Å². The van der Waals surface area contributed by atoms with E-state index in [1.165, 1.54) is 11.3 Å². The number of esters is 1. The first-order chi connectivity index (χ1) is 12.3. The Kier molecular flexibility index (Phi) is 4.14. The minimum atomic E-state index is -0.454. The molecule has 3 heterocycles. The van der Waals surface area contributed by atoms with Crippen molar-refractivity contribution in [1.82, 2.24) is 14.8 Å². The first kappa shape index (κ1) is 15.3. The van der Waals surface area contributed by atoms with Gasteiger partial charge in [-0.1, -0.05) is 12.1 Å². The lowest BCUT2D eigenvalue weighted by atomic mass is 10.2. The highest BCUT2D eigenvalue weighted by molar-refractivity contribution is 7.13. The van der Waals surface area contributed by atoms with E-state index in [2.05, 4.69) is 10.1 Å². The summed E-state index contributed by atoms with van der Waals surface area (Å²) in [6.07, 6.45) is 5.16. The number of benzene rings is 1. The minimum Gasteiger partial charge on any atom is -0.462 e. The fraction of sp³-hybridized carbons (Fsp3) is 0.0556. The van der Waals surface area contributed by atoms with E-state index in [1.54, 1.807) is 34.7 Å². The van der Waals surface area contributed by atoms with Gasteiger partial charge in [-0.25, -0.2) is 14.5 Å². The molecule has 7 heteroatoms. The van der Waals surface area contributed by atoms with E-state index in [9.17, 15) is 4.79 Å². The molecule has 3 aromatic heterocycles. The summed E-state index contributed by atoms with van der Waals surface area (Å²) in [7, 11) is 0. The number of rotatable bonds is 5. The van der Waals surface area contributed by atoms with Gasteiger partial charge in [0.2, 0.25) is 0 Å². The summed E-state index contributed by atoms with van der Waals surface area (Å²) in [6.45, 7) is 0.186. The van der Waals surface area contributed by atoms with Crippen LogP contribution in [0.15, 0.2) is 70.9 Å². The Morgan fingerprint density at radius 3 is 2.80 bits per heavy atom. The normalized spacial score (nSPS) is 10.7. The lowest BCUT2D eigenvalue weighted by molar-refractivity contribution is 0.0467. The second-order valence-electron chi connectivity index (χ2n) is 5.21. The van der Waals surface area contributed by atoms with Gasteiger partial charge >= 0.3 is 5.97 Å². The van der Waals surface area contributed by atoms with Crippen LogP contribution in [0, 0.1) is 0 Å². The summed E-state index contributed by atoms with van der Waals surface area (Å²) in [4.78, 5) is 16.4. The fourth-order valence-corrected chi connectivity index (χ4v) is 3.03. The monoisotopic (exact) mass is 351 g/mol. The molecule has 0 atom stereocenters. The van der Waals surface area contributed by atoms with Crippen LogP contribution in [0.2, 0.25) is 0 Å². The molecule has 25 heavy (non-hydrogen) atoms. The van der Waals surface area contributed by atoms with Gasteiger partial charge in [0.15, 0.2) is 16.5 Å². The standard InChI is InChI=1S/C18H13N3O3S/c22-18(15-12-25-17(20-15)16-3-1-10-23-16)24-11-13-4-6-14(7-5-13)21-9-2-8-19-21/h1-10,12H,11H2. The van der Waals surface area contributed by atoms with Gasteiger partial charge in [-0.15, -0.1) is 11.3 Å². The Morgan fingerprint density at radius 1 is 1.20 bits per heavy atom. The molecule has 0 aliphatic carbocycles. The van der Waals surface area contributed by atoms with Crippen LogP contribution in [0.3, 0.4) is 0 Å². The van der Waals surface area contributed by atoms with Crippen molar-refractivity contribution in [1.29, 1.82) is 0 Å². The molecule has 0 saturated heterocycles. The maximum absolute atomic E-state index is 12.1. The molecule has 0 aliphatic heterocycles. The zero-order valence-electron chi connectivity index (χ0n) is 13.0. The number of ether oxygens (including phenoxy) is 1.